The minimum absolute atomic E-state index is 0.0562. The summed E-state index contributed by atoms with van der Waals surface area (Å²) in [7, 11) is 4.41. The number of allylic oxidation sites excluding steroid dienone is 2. The van der Waals surface area contributed by atoms with Gasteiger partial charge in [0.25, 0.3) is 0 Å². The van der Waals surface area contributed by atoms with Crippen molar-refractivity contribution >= 4 is 5.91 Å². The summed E-state index contributed by atoms with van der Waals surface area (Å²) >= 11 is 0. The van der Waals surface area contributed by atoms with Gasteiger partial charge < -0.3 is 15.3 Å². The minimum Gasteiger partial charge on any atom is -0.391 e. The zero-order valence-electron chi connectivity index (χ0n) is 21.4. The van der Waals surface area contributed by atoms with E-state index in [0.717, 1.165) is 36.7 Å². The van der Waals surface area contributed by atoms with Crippen molar-refractivity contribution in [2.45, 2.75) is 97.8 Å². The van der Waals surface area contributed by atoms with Crippen molar-refractivity contribution in [2.24, 2.45) is 34.5 Å². The van der Waals surface area contributed by atoms with E-state index in [4.69, 9.17) is 0 Å². The minimum atomic E-state index is -0.427. The first-order valence-corrected chi connectivity index (χ1v) is 13.0. The molecule has 0 aromatic carbocycles. The molecule has 0 bridgehead atoms. The lowest BCUT2D eigenvalue weighted by atomic mass is 9.44. The molecule has 1 amide bonds. The Morgan fingerprint density at radius 3 is 2.50 bits per heavy atom. The third-order valence-corrected chi connectivity index (χ3v) is 10.4. The molecule has 4 aliphatic carbocycles. The number of aliphatic hydroxyl groups is 1. The number of likely N-dealkylation sites (N-methyl/N-ethyl adjacent to an activating group) is 1. The number of fused-ring (bicyclic) bond motifs is 5. The van der Waals surface area contributed by atoms with E-state index in [1.807, 2.05) is 13.8 Å². The summed E-state index contributed by atoms with van der Waals surface area (Å²) in [6, 6.07) is 0.400. The first-order valence-electron chi connectivity index (χ1n) is 13.0. The molecule has 4 nitrogen and oxygen atoms in total. The fraction of sp³-hybridized carbons (Fsp3) is 0.821. The summed E-state index contributed by atoms with van der Waals surface area (Å²) in [5, 5.41) is 14.5. The highest BCUT2D eigenvalue weighted by Crippen LogP contribution is 2.66. The lowest BCUT2D eigenvalue weighted by Gasteiger charge is -2.62. The molecule has 180 valence electrons. The van der Waals surface area contributed by atoms with Crippen LogP contribution in [-0.4, -0.2) is 48.2 Å². The molecule has 4 aliphatic rings. The molecule has 32 heavy (non-hydrogen) atoms. The Morgan fingerprint density at radius 1 is 1.12 bits per heavy atom. The molecule has 0 aromatic rings. The maximum atomic E-state index is 12.3. The van der Waals surface area contributed by atoms with Gasteiger partial charge in [0, 0.05) is 12.1 Å². The van der Waals surface area contributed by atoms with E-state index < -0.39 is 6.10 Å². The maximum absolute atomic E-state index is 12.3. The van der Waals surface area contributed by atoms with Crippen molar-refractivity contribution < 1.29 is 9.90 Å². The highest BCUT2D eigenvalue weighted by molar-refractivity contribution is 5.88. The molecule has 9 atom stereocenters. The van der Waals surface area contributed by atoms with E-state index in [0.29, 0.717) is 23.3 Å². The number of hydrogen-bond acceptors (Lipinski definition) is 3. The molecule has 0 radical (unpaired) electrons. The van der Waals surface area contributed by atoms with E-state index in [2.05, 4.69) is 51.2 Å². The van der Waals surface area contributed by atoms with Crippen molar-refractivity contribution in [3.05, 3.63) is 23.3 Å². The fourth-order valence-electron chi connectivity index (χ4n) is 8.51. The first-order chi connectivity index (χ1) is 15.0. The van der Waals surface area contributed by atoms with Crippen molar-refractivity contribution in [3.8, 4) is 0 Å². The number of nitrogens with zero attached hydrogens (tertiary/aromatic N) is 1. The third kappa shape index (κ3) is 3.79. The molecule has 0 spiro atoms. The summed E-state index contributed by atoms with van der Waals surface area (Å²) in [4.78, 5) is 14.7. The first kappa shape index (κ1) is 24.0. The van der Waals surface area contributed by atoms with Crippen molar-refractivity contribution in [1.29, 1.82) is 0 Å². The summed E-state index contributed by atoms with van der Waals surface area (Å²) in [6.07, 6.45) is 11.9. The number of amides is 1. The van der Waals surface area contributed by atoms with Gasteiger partial charge in [0.1, 0.15) is 0 Å². The number of carbonyl (C=O) groups excluding carboxylic acids is 1. The predicted molar refractivity (Wildman–Crippen MR) is 131 cm³/mol. The van der Waals surface area contributed by atoms with Crippen molar-refractivity contribution in [1.82, 2.24) is 10.2 Å². The van der Waals surface area contributed by atoms with Crippen LogP contribution >= 0.6 is 0 Å². The van der Waals surface area contributed by atoms with Crippen LogP contribution in [0.3, 0.4) is 0 Å². The molecule has 3 fully saturated rings. The molecule has 0 aromatic heterocycles. The molecule has 4 rings (SSSR count). The summed E-state index contributed by atoms with van der Waals surface area (Å²) < 4.78 is 0. The number of rotatable bonds is 4. The Balaban J connectivity index is 1.51. The van der Waals surface area contributed by atoms with Gasteiger partial charge in [0.2, 0.25) is 5.91 Å². The largest absolute Gasteiger partial charge is 0.391 e. The van der Waals surface area contributed by atoms with E-state index in [1.165, 1.54) is 25.7 Å². The molecule has 0 aliphatic heterocycles. The van der Waals surface area contributed by atoms with Crippen LogP contribution in [0.5, 0.6) is 0 Å². The van der Waals surface area contributed by atoms with E-state index in [-0.39, 0.29) is 17.4 Å². The fourth-order valence-corrected chi connectivity index (χ4v) is 8.51. The molecule has 3 saturated carbocycles. The lowest BCUT2D eigenvalue weighted by molar-refractivity contribution is -0.149. The van der Waals surface area contributed by atoms with Crippen LogP contribution in [0.2, 0.25) is 0 Å². The maximum Gasteiger partial charge on any atom is 0.244 e. The van der Waals surface area contributed by atoms with Crippen molar-refractivity contribution in [3.63, 3.8) is 0 Å². The van der Waals surface area contributed by atoms with Crippen LogP contribution in [0.15, 0.2) is 23.3 Å². The quantitative estimate of drug-likeness (QED) is 0.479. The Morgan fingerprint density at radius 2 is 1.84 bits per heavy atom. The van der Waals surface area contributed by atoms with Gasteiger partial charge in [-0.3, -0.25) is 4.79 Å². The standard InChI is InChI=1S/C28H46N2O2/c1-17(2)16-25(31)29-24-13-15-28(5)22-12-14-27(4)20(18(3)30(6)7)10-11-21(27)19(22)8-9-23(28)26(24)32/h10,16,18-19,21-24,26,32H,8-9,11-15H2,1-7H3,(H,29,31)/t18?,19?,21?,22?,23?,24-,26+,27+,28+/m0/s1. The summed E-state index contributed by atoms with van der Waals surface area (Å²) in [5.74, 6) is 2.46. The van der Waals surface area contributed by atoms with E-state index in [9.17, 15) is 9.90 Å². The summed E-state index contributed by atoms with van der Waals surface area (Å²) in [5.41, 5.74) is 3.19. The second-order valence-corrected chi connectivity index (χ2v) is 12.4. The van der Waals surface area contributed by atoms with Crippen molar-refractivity contribution in [2.75, 3.05) is 14.1 Å². The Kier molecular flexibility index (Phi) is 6.44. The van der Waals surface area contributed by atoms with E-state index in [1.54, 1.807) is 11.6 Å². The highest BCUT2D eigenvalue weighted by Gasteiger charge is 2.60. The average molecular weight is 443 g/mol. The molecule has 0 saturated heterocycles. The predicted octanol–water partition coefficient (Wildman–Crippen LogP) is 4.94. The van der Waals surface area contributed by atoms with Crippen LogP contribution in [0.4, 0.5) is 0 Å². The van der Waals surface area contributed by atoms with E-state index >= 15 is 0 Å². The van der Waals surface area contributed by atoms with Gasteiger partial charge in [-0.2, -0.15) is 0 Å². The van der Waals surface area contributed by atoms with Gasteiger partial charge >= 0.3 is 0 Å². The second kappa shape index (κ2) is 8.58. The van der Waals surface area contributed by atoms with Crippen LogP contribution in [0, 0.1) is 34.5 Å². The zero-order chi connectivity index (χ0) is 23.4. The van der Waals surface area contributed by atoms with Crippen LogP contribution in [0.1, 0.15) is 79.6 Å². The second-order valence-electron chi connectivity index (χ2n) is 12.4. The Bertz CT molecular complexity index is 797. The monoisotopic (exact) mass is 442 g/mol. The number of nitrogens with one attached hydrogen (secondary N) is 1. The molecule has 4 heteroatoms. The van der Waals surface area contributed by atoms with Gasteiger partial charge in [-0.25, -0.2) is 0 Å². The molecule has 5 unspecified atom stereocenters. The van der Waals surface area contributed by atoms with Gasteiger partial charge in [0.15, 0.2) is 0 Å². The average Bonchev–Trinajstić information content (AvgIpc) is 3.06. The normalized spacial score (nSPS) is 44.1. The molecular formula is C28H46N2O2. The summed E-state index contributed by atoms with van der Waals surface area (Å²) in [6.45, 7) is 11.3. The Labute approximate surface area is 195 Å². The topological polar surface area (TPSA) is 52.6 Å². The van der Waals surface area contributed by atoms with Crippen LogP contribution in [0.25, 0.3) is 0 Å². The van der Waals surface area contributed by atoms with Gasteiger partial charge in [0.05, 0.1) is 12.1 Å². The number of aliphatic hydroxyl groups excluding tert-OH is 1. The Hall–Kier alpha value is -1.13. The lowest BCUT2D eigenvalue weighted by Crippen LogP contribution is -2.61. The molecular weight excluding hydrogens is 396 g/mol. The zero-order valence-corrected chi connectivity index (χ0v) is 21.4. The molecule has 2 N–H and O–H groups in total. The SMILES string of the molecule is CC(C)=CC(=O)N[C@H]1CC[C@]2(C)C3CC[C@]4(C)C(C(C)N(C)C)=CCC4C3CCC2[C@H]1O. The third-order valence-electron chi connectivity index (χ3n) is 10.4. The van der Waals surface area contributed by atoms with Crippen LogP contribution < -0.4 is 5.32 Å². The number of carbonyl (C=O) groups is 1. The van der Waals surface area contributed by atoms with Crippen LogP contribution in [-0.2, 0) is 4.79 Å². The smallest absolute Gasteiger partial charge is 0.244 e. The highest BCUT2D eigenvalue weighted by atomic mass is 16.3. The number of hydrogen-bond donors (Lipinski definition) is 2. The van der Waals surface area contributed by atoms with Gasteiger partial charge in [-0.05, 0) is 114 Å². The van der Waals surface area contributed by atoms with Gasteiger partial charge in [-0.15, -0.1) is 0 Å². The van der Waals surface area contributed by atoms with Gasteiger partial charge in [-0.1, -0.05) is 31.1 Å². The molecule has 0 heterocycles.